The topological polar surface area (TPSA) is 50.5 Å². The first-order valence-corrected chi connectivity index (χ1v) is 8.19. The average molecular weight is 337 g/mol. The Morgan fingerprint density at radius 1 is 1.20 bits per heavy atom. The van der Waals surface area contributed by atoms with Crippen LogP contribution in [0.2, 0.25) is 0 Å². The van der Waals surface area contributed by atoms with Crippen molar-refractivity contribution >= 4 is 22.4 Å². The summed E-state index contributed by atoms with van der Waals surface area (Å²) in [5.41, 5.74) is 0.918. The molecule has 4 nitrogen and oxygen atoms in total. The maximum Gasteiger partial charge on any atom is 0.344 e. The Balaban J connectivity index is 1.83. The molecule has 1 aliphatic rings. The van der Waals surface area contributed by atoms with Crippen molar-refractivity contribution < 1.29 is 13.6 Å². The fourth-order valence-corrected chi connectivity index (χ4v) is 3.39. The minimum Gasteiger partial charge on any atom is -0.417 e. The predicted octanol–water partition coefficient (Wildman–Crippen LogP) is 3.91. The Morgan fingerprint density at radius 2 is 2.00 bits per heavy atom. The number of anilines is 1. The van der Waals surface area contributed by atoms with Crippen LogP contribution < -0.4 is 10.5 Å². The highest BCUT2D eigenvalue weighted by Gasteiger charge is 2.30. The molecular formula is C20H16FNO3. The van der Waals surface area contributed by atoms with Crippen LogP contribution in [0.15, 0.2) is 57.7 Å². The van der Waals surface area contributed by atoms with Gasteiger partial charge in [-0.1, -0.05) is 18.2 Å². The van der Waals surface area contributed by atoms with Crippen molar-refractivity contribution in [1.82, 2.24) is 0 Å². The minimum atomic E-state index is -0.537. The lowest BCUT2D eigenvalue weighted by Crippen LogP contribution is -2.42. The van der Waals surface area contributed by atoms with E-state index in [1.54, 1.807) is 41.3 Å². The molecule has 5 heteroatoms. The normalized spacial score (nSPS) is 16.7. The number of hydrogen-bond acceptors (Lipinski definition) is 3. The molecule has 0 saturated heterocycles. The number of halogens is 1. The van der Waals surface area contributed by atoms with Crippen molar-refractivity contribution in [3.05, 3.63) is 76.1 Å². The summed E-state index contributed by atoms with van der Waals surface area (Å²) < 4.78 is 18.8. The van der Waals surface area contributed by atoms with Gasteiger partial charge in [-0.3, -0.25) is 4.79 Å². The zero-order chi connectivity index (χ0) is 17.6. The van der Waals surface area contributed by atoms with Crippen molar-refractivity contribution in [3.8, 4) is 0 Å². The Labute approximate surface area is 143 Å². The van der Waals surface area contributed by atoms with Crippen LogP contribution in [-0.4, -0.2) is 11.9 Å². The third-order valence-electron chi connectivity index (χ3n) is 4.67. The summed E-state index contributed by atoms with van der Waals surface area (Å²) in [5.74, 6) is -0.714. The number of hydrogen-bond donors (Lipinski definition) is 0. The van der Waals surface area contributed by atoms with Gasteiger partial charge in [0.15, 0.2) is 5.76 Å². The minimum absolute atomic E-state index is 0.00674. The number of carbonyl (C=O) groups excluding carboxylic acids is 1. The molecule has 126 valence electrons. The van der Waals surface area contributed by atoms with Gasteiger partial charge < -0.3 is 9.32 Å². The summed E-state index contributed by atoms with van der Waals surface area (Å²) in [4.78, 5) is 26.8. The molecular weight excluding hydrogens is 321 g/mol. The van der Waals surface area contributed by atoms with Gasteiger partial charge in [0.1, 0.15) is 5.82 Å². The van der Waals surface area contributed by atoms with Crippen molar-refractivity contribution in [3.63, 3.8) is 0 Å². The molecule has 0 spiro atoms. The maximum absolute atomic E-state index is 13.5. The van der Waals surface area contributed by atoms with Gasteiger partial charge in [-0.2, -0.15) is 0 Å². The number of aryl methyl sites for hydroxylation is 1. The molecule has 0 N–H and O–H groups in total. The summed E-state index contributed by atoms with van der Waals surface area (Å²) in [6.07, 6.45) is 1.43. The van der Waals surface area contributed by atoms with Crippen LogP contribution in [0.1, 0.15) is 29.5 Å². The first-order valence-electron chi connectivity index (χ1n) is 8.19. The molecule has 1 aliphatic heterocycles. The van der Waals surface area contributed by atoms with Gasteiger partial charge in [-0.25, -0.2) is 9.18 Å². The van der Waals surface area contributed by atoms with Crippen LogP contribution >= 0.6 is 0 Å². The van der Waals surface area contributed by atoms with Crippen LogP contribution in [-0.2, 0) is 6.42 Å². The van der Waals surface area contributed by atoms with E-state index in [1.807, 2.05) is 6.92 Å². The molecule has 2 heterocycles. The van der Waals surface area contributed by atoms with E-state index in [1.165, 1.54) is 12.1 Å². The van der Waals surface area contributed by atoms with E-state index < -0.39 is 5.63 Å². The number of carbonyl (C=O) groups is 1. The third-order valence-corrected chi connectivity index (χ3v) is 4.67. The molecule has 1 atom stereocenters. The van der Waals surface area contributed by atoms with Gasteiger partial charge in [-0.05, 0) is 61.0 Å². The summed E-state index contributed by atoms with van der Waals surface area (Å²) in [7, 11) is 0. The monoisotopic (exact) mass is 337 g/mol. The van der Waals surface area contributed by atoms with Crippen LogP contribution in [0.3, 0.4) is 0 Å². The highest BCUT2D eigenvalue weighted by atomic mass is 19.1. The molecule has 4 rings (SSSR count). The molecule has 25 heavy (non-hydrogen) atoms. The number of nitrogens with zero attached hydrogens (tertiary/aromatic N) is 1. The lowest BCUT2D eigenvalue weighted by Gasteiger charge is -2.34. The highest BCUT2D eigenvalue weighted by molar-refractivity contribution is 6.06. The second-order valence-electron chi connectivity index (χ2n) is 6.32. The van der Waals surface area contributed by atoms with Crippen molar-refractivity contribution in [2.24, 2.45) is 0 Å². The smallest absolute Gasteiger partial charge is 0.344 e. The second-order valence-corrected chi connectivity index (χ2v) is 6.32. The largest absolute Gasteiger partial charge is 0.417 e. The molecule has 0 bridgehead atoms. The van der Waals surface area contributed by atoms with Gasteiger partial charge in [0, 0.05) is 11.7 Å². The molecule has 1 unspecified atom stereocenters. The first-order chi connectivity index (χ1) is 12.0. The number of amides is 1. The van der Waals surface area contributed by atoms with Crippen LogP contribution in [0.25, 0.3) is 10.8 Å². The Hall–Kier alpha value is -2.95. The van der Waals surface area contributed by atoms with E-state index in [9.17, 15) is 14.0 Å². The van der Waals surface area contributed by atoms with E-state index >= 15 is 0 Å². The summed E-state index contributed by atoms with van der Waals surface area (Å²) in [5, 5.41) is 1.10. The number of benzene rings is 2. The van der Waals surface area contributed by atoms with Crippen molar-refractivity contribution in [2.75, 3.05) is 4.90 Å². The molecule has 1 aromatic heterocycles. The van der Waals surface area contributed by atoms with Gasteiger partial charge in [0.2, 0.25) is 0 Å². The SMILES string of the molecule is CC1CCc2cc(F)ccc2N1C(=O)c1cc2ccccc2c(=O)o1. The summed E-state index contributed by atoms with van der Waals surface area (Å²) >= 11 is 0. The molecule has 0 fully saturated rings. The molecule has 1 amide bonds. The van der Waals surface area contributed by atoms with Crippen LogP contribution in [0, 0.1) is 5.82 Å². The average Bonchev–Trinajstić information content (AvgIpc) is 2.61. The molecule has 0 aliphatic carbocycles. The van der Waals surface area contributed by atoms with Crippen molar-refractivity contribution in [1.29, 1.82) is 0 Å². The third kappa shape index (κ3) is 2.61. The van der Waals surface area contributed by atoms with E-state index in [2.05, 4.69) is 0 Å². The summed E-state index contributed by atoms with van der Waals surface area (Å²) in [6.45, 7) is 1.93. The first kappa shape index (κ1) is 15.6. The fourth-order valence-electron chi connectivity index (χ4n) is 3.39. The van der Waals surface area contributed by atoms with Gasteiger partial charge in [0.25, 0.3) is 5.91 Å². The Bertz CT molecular complexity index is 1040. The molecule has 3 aromatic rings. The highest BCUT2D eigenvalue weighted by Crippen LogP contribution is 2.32. The lowest BCUT2D eigenvalue weighted by atomic mass is 9.96. The maximum atomic E-state index is 13.5. The van der Waals surface area contributed by atoms with Gasteiger partial charge in [0.05, 0.1) is 5.39 Å². The zero-order valence-electron chi connectivity index (χ0n) is 13.7. The van der Waals surface area contributed by atoms with Crippen molar-refractivity contribution in [2.45, 2.75) is 25.8 Å². The number of fused-ring (bicyclic) bond motifs is 2. The lowest BCUT2D eigenvalue weighted by molar-refractivity contribution is 0.0944. The quantitative estimate of drug-likeness (QED) is 0.676. The molecule has 0 saturated carbocycles. The van der Waals surface area contributed by atoms with E-state index in [4.69, 9.17) is 4.42 Å². The summed E-state index contributed by atoms with van der Waals surface area (Å²) in [6, 6.07) is 12.9. The van der Waals surface area contributed by atoms with E-state index in [0.29, 0.717) is 22.9 Å². The van der Waals surface area contributed by atoms with Gasteiger partial charge in [-0.15, -0.1) is 0 Å². The standard InChI is InChI=1S/C20H16FNO3/c1-12-6-7-14-10-15(21)8-9-17(14)22(12)19(23)18-11-13-4-2-3-5-16(13)20(24)25-18/h2-5,8-12H,6-7H2,1H3. The second kappa shape index (κ2) is 5.84. The predicted molar refractivity (Wildman–Crippen MR) is 93.5 cm³/mol. The fraction of sp³-hybridized carbons (Fsp3) is 0.200. The number of rotatable bonds is 1. The zero-order valence-corrected chi connectivity index (χ0v) is 13.7. The molecule has 0 radical (unpaired) electrons. The van der Waals surface area contributed by atoms with E-state index in [0.717, 1.165) is 12.0 Å². The van der Waals surface area contributed by atoms with Crippen LogP contribution in [0.5, 0.6) is 0 Å². The van der Waals surface area contributed by atoms with E-state index in [-0.39, 0.29) is 23.5 Å². The van der Waals surface area contributed by atoms with Crippen LogP contribution in [0.4, 0.5) is 10.1 Å². The van der Waals surface area contributed by atoms with Gasteiger partial charge >= 0.3 is 5.63 Å². The molecule has 2 aromatic carbocycles. The Morgan fingerprint density at radius 3 is 2.84 bits per heavy atom. The Kier molecular flexibility index (Phi) is 3.64.